The Bertz CT molecular complexity index is 856. The third kappa shape index (κ3) is 4.83. The highest BCUT2D eigenvalue weighted by molar-refractivity contribution is 5.76. The number of methoxy groups -OCH3 is 1. The number of pyridine rings is 1. The van der Waals surface area contributed by atoms with Gasteiger partial charge in [0.05, 0.1) is 18.7 Å². The smallest absolute Gasteiger partial charge is 0.220 e. The van der Waals surface area contributed by atoms with Gasteiger partial charge in [-0.15, -0.1) is 0 Å². The average Bonchev–Trinajstić information content (AvgIpc) is 3.10. The topological polar surface area (TPSA) is 83.1 Å². The van der Waals surface area contributed by atoms with Crippen LogP contribution in [0, 0.1) is 0 Å². The second-order valence-corrected chi connectivity index (χ2v) is 6.61. The number of ether oxygens (including phenoxy) is 1. The van der Waals surface area contributed by atoms with E-state index in [0.717, 1.165) is 22.7 Å². The number of nitrogens with one attached hydrogen (secondary N) is 2. The van der Waals surface area contributed by atoms with Crippen LogP contribution in [0.4, 0.5) is 0 Å². The van der Waals surface area contributed by atoms with Crippen molar-refractivity contribution < 1.29 is 9.53 Å². The highest BCUT2D eigenvalue weighted by Crippen LogP contribution is 2.20. The van der Waals surface area contributed by atoms with E-state index in [2.05, 4.69) is 25.2 Å². The van der Waals surface area contributed by atoms with Crippen LogP contribution in [0.25, 0.3) is 11.2 Å². The van der Waals surface area contributed by atoms with Gasteiger partial charge in [-0.2, -0.15) is 0 Å². The molecule has 1 amide bonds. The molecule has 0 aliphatic rings. The maximum atomic E-state index is 12.3. The summed E-state index contributed by atoms with van der Waals surface area (Å²) in [6.07, 6.45) is 2.64. The van der Waals surface area contributed by atoms with E-state index < -0.39 is 0 Å². The largest absolute Gasteiger partial charge is 0.497 e. The zero-order valence-corrected chi connectivity index (χ0v) is 15.9. The minimum atomic E-state index is 0.00350. The first-order chi connectivity index (χ1) is 13.1. The van der Waals surface area contributed by atoms with Gasteiger partial charge in [0.1, 0.15) is 11.6 Å². The first-order valence-electron chi connectivity index (χ1n) is 8.93. The second-order valence-electron chi connectivity index (χ2n) is 6.61. The van der Waals surface area contributed by atoms with E-state index in [1.807, 2.05) is 50.5 Å². The number of aryl methyl sites for hydroxylation is 1. The van der Waals surface area contributed by atoms with Crippen LogP contribution in [0.15, 0.2) is 42.6 Å². The molecule has 0 spiro atoms. The summed E-state index contributed by atoms with van der Waals surface area (Å²) in [5.41, 5.74) is 2.70. The molecule has 2 N–H and O–H groups in total. The summed E-state index contributed by atoms with van der Waals surface area (Å²) in [4.78, 5) is 26.2. The number of imidazole rings is 1. The monoisotopic (exact) mass is 367 g/mol. The number of H-pyrrole nitrogens is 1. The third-order valence-corrected chi connectivity index (χ3v) is 4.51. The van der Waals surface area contributed by atoms with Gasteiger partial charge in [-0.1, -0.05) is 12.1 Å². The fourth-order valence-electron chi connectivity index (χ4n) is 2.97. The lowest BCUT2D eigenvalue weighted by atomic mass is 10.1. The molecule has 27 heavy (non-hydrogen) atoms. The molecular formula is C20H25N5O2. The molecule has 0 saturated heterocycles. The first-order valence-corrected chi connectivity index (χ1v) is 8.93. The minimum absolute atomic E-state index is 0.00350. The van der Waals surface area contributed by atoms with E-state index in [1.54, 1.807) is 13.3 Å². The Balaban J connectivity index is 1.54. The summed E-state index contributed by atoms with van der Waals surface area (Å²) in [6, 6.07) is 11.8. The summed E-state index contributed by atoms with van der Waals surface area (Å²) in [5.74, 6) is 1.60. The number of nitrogens with zero attached hydrogens (tertiary/aromatic N) is 3. The van der Waals surface area contributed by atoms with Crippen LogP contribution in [0.2, 0.25) is 0 Å². The zero-order valence-electron chi connectivity index (χ0n) is 15.9. The van der Waals surface area contributed by atoms with Crippen molar-refractivity contribution in [3.63, 3.8) is 0 Å². The van der Waals surface area contributed by atoms with E-state index in [0.29, 0.717) is 25.0 Å². The van der Waals surface area contributed by atoms with Crippen molar-refractivity contribution >= 4 is 17.1 Å². The number of fused-ring (bicyclic) bond motifs is 1. The molecule has 0 aliphatic carbocycles. The number of aromatic nitrogens is 3. The van der Waals surface area contributed by atoms with E-state index in [1.165, 1.54) is 0 Å². The molecule has 1 aromatic carbocycles. The fraction of sp³-hybridized carbons (Fsp3) is 0.350. The Morgan fingerprint density at radius 2 is 2.04 bits per heavy atom. The highest BCUT2D eigenvalue weighted by Gasteiger charge is 2.16. The molecular weight excluding hydrogens is 342 g/mol. The normalized spacial score (nSPS) is 12.3. The maximum Gasteiger partial charge on any atom is 0.220 e. The molecule has 7 heteroatoms. The third-order valence-electron chi connectivity index (χ3n) is 4.51. The van der Waals surface area contributed by atoms with Crippen molar-refractivity contribution in [2.75, 3.05) is 27.7 Å². The minimum Gasteiger partial charge on any atom is -0.497 e. The van der Waals surface area contributed by atoms with Gasteiger partial charge >= 0.3 is 0 Å². The van der Waals surface area contributed by atoms with Crippen molar-refractivity contribution in [3.8, 4) is 5.75 Å². The fourth-order valence-corrected chi connectivity index (χ4v) is 2.97. The summed E-state index contributed by atoms with van der Waals surface area (Å²) in [5, 5.41) is 3.03. The number of aromatic amines is 1. The van der Waals surface area contributed by atoms with Gasteiger partial charge in [-0.05, 0) is 43.9 Å². The standard InChI is InChI=1S/C20H25N5O2/c1-25(2)17(14-6-8-15(27-3)9-7-14)13-22-19(26)11-10-18-23-16-5-4-12-21-20(16)24-18/h4-9,12,17H,10-11,13H2,1-3H3,(H,22,26)(H,21,23,24)/t17-/m1/s1. The predicted octanol–water partition coefficient (Wildman–Crippen LogP) is 2.32. The number of hydrogen-bond acceptors (Lipinski definition) is 5. The lowest BCUT2D eigenvalue weighted by Gasteiger charge is -2.25. The molecule has 2 aromatic heterocycles. The number of benzene rings is 1. The first kappa shape index (κ1) is 18.8. The van der Waals surface area contributed by atoms with Gasteiger partial charge in [0.2, 0.25) is 5.91 Å². The Hall–Kier alpha value is -2.93. The van der Waals surface area contributed by atoms with E-state index in [9.17, 15) is 4.79 Å². The summed E-state index contributed by atoms with van der Waals surface area (Å²) >= 11 is 0. The van der Waals surface area contributed by atoms with E-state index >= 15 is 0 Å². The lowest BCUT2D eigenvalue weighted by molar-refractivity contribution is -0.121. The predicted molar refractivity (Wildman–Crippen MR) is 105 cm³/mol. The van der Waals surface area contributed by atoms with Crippen molar-refractivity contribution in [1.29, 1.82) is 0 Å². The van der Waals surface area contributed by atoms with Gasteiger partial charge in [0.25, 0.3) is 0 Å². The number of amides is 1. The molecule has 0 bridgehead atoms. The summed E-state index contributed by atoms with van der Waals surface area (Å²) < 4.78 is 5.21. The summed E-state index contributed by atoms with van der Waals surface area (Å²) in [7, 11) is 5.65. The van der Waals surface area contributed by atoms with Crippen molar-refractivity contribution in [2.24, 2.45) is 0 Å². The van der Waals surface area contributed by atoms with Crippen LogP contribution in [0.3, 0.4) is 0 Å². The lowest BCUT2D eigenvalue weighted by Crippen LogP contribution is -2.34. The van der Waals surface area contributed by atoms with Crippen molar-refractivity contribution in [2.45, 2.75) is 18.9 Å². The number of carbonyl (C=O) groups is 1. The summed E-state index contributed by atoms with van der Waals surface area (Å²) in [6.45, 7) is 0.542. The van der Waals surface area contributed by atoms with Crippen LogP contribution in [-0.2, 0) is 11.2 Å². The number of hydrogen-bond donors (Lipinski definition) is 2. The van der Waals surface area contributed by atoms with Gasteiger partial charge < -0.3 is 19.9 Å². The van der Waals surface area contributed by atoms with Crippen LogP contribution < -0.4 is 10.1 Å². The molecule has 0 saturated carbocycles. The number of likely N-dealkylation sites (N-methyl/N-ethyl adjacent to an activating group) is 1. The van der Waals surface area contributed by atoms with Crippen molar-refractivity contribution in [1.82, 2.24) is 25.2 Å². The molecule has 3 rings (SSSR count). The van der Waals surface area contributed by atoms with Gasteiger partial charge in [0.15, 0.2) is 5.65 Å². The zero-order chi connectivity index (χ0) is 19.2. The quantitative estimate of drug-likeness (QED) is 0.638. The van der Waals surface area contributed by atoms with E-state index in [-0.39, 0.29) is 11.9 Å². The van der Waals surface area contributed by atoms with Crippen LogP contribution >= 0.6 is 0 Å². The average molecular weight is 367 g/mol. The van der Waals surface area contributed by atoms with Crippen LogP contribution in [0.5, 0.6) is 5.75 Å². The molecule has 0 aliphatic heterocycles. The van der Waals surface area contributed by atoms with Crippen LogP contribution in [-0.4, -0.2) is 53.5 Å². The number of rotatable bonds is 8. The van der Waals surface area contributed by atoms with Crippen LogP contribution in [0.1, 0.15) is 23.9 Å². The Kier molecular flexibility index (Phi) is 6.03. The van der Waals surface area contributed by atoms with Gasteiger partial charge in [-0.3, -0.25) is 4.79 Å². The molecule has 0 unspecified atom stereocenters. The van der Waals surface area contributed by atoms with Gasteiger partial charge in [-0.25, -0.2) is 9.97 Å². The highest BCUT2D eigenvalue weighted by atomic mass is 16.5. The Morgan fingerprint density at radius 3 is 2.70 bits per heavy atom. The molecule has 0 fully saturated rings. The maximum absolute atomic E-state index is 12.3. The Morgan fingerprint density at radius 1 is 1.26 bits per heavy atom. The van der Waals surface area contributed by atoms with Gasteiger partial charge in [0, 0.05) is 25.6 Å². The molecule has 1 atom stereocenters. The molecule has 3 aromatic rings. The molecule has 7 nitrogen and oxygen atoms in total. The SMILES string of the molecule is COc1ccc([C@@H](CNC(=O)CCc2nc3ncccc3[nH]2)N(C)C)cc1. The van der Waals surface area contributed by atoms with E-state index in [4.69, 9.17) is 4.74 Å². The molecule has 2 heterocycles. The molecule has 0 radical (unpaired) electrons. The Labute approximate surface area is 158 Å². The van der Waals surface area contributed by atoms with Crippen molar-refractivity contribution in [3.05, 3.63) is 54.0 Å². The number of carbonyl (C=O) groups excluding carboxylic acids is 1. The molecule has 142 valence electrons. The second kappa shape index (κ2) is 8.64.